The van der Waals surface area contributed by atoms with Gasteiger partial charge in [-0.25, -0.2) is 4.39 Å². The molecule has 0 radical (unpaired) electrons. The molecule has 0 aliphatic carbocycles. The highest BCUT2D eigenvalue weighted by Gasteiger charge is 2.10. The summed E-state index contributed by atoms with van der Waals surface area (Å²) in [6.07, 6.45) is 0. The number of halogens is 1. The Labute approximate surface area is 160 Å². The summed E-state index contributed by atoms with van der Waals surface area (Å²) >= 11 is 0. The van der Waals surface area contributed by atoms with E-state index in [4.69, 9.17) is 9.47 Å². The van der Waals surface area contributed by atoms with Crippen molar-refractivity contribution in [1.82, 2.24) is 10.6 Å². The van der Waals surface area contributed by atoms with Crippen molar-refractivity contribution in [3.8, 4) is 11.5 Å². The molecular weight excluding hydrogens is 345 g/mol. The maximum atomic E-state index is 13.8. The lowest BCUT2D eigenvalue weighted by Gasteiger charge is -2.19. The minimum Gasteiger partial charge on any atom is -0.493 e. The SMILES string of the molecule is CCOc1cc(CNC(=NC)NC(C)c2ccc(C)c(F)c2)ccc1OC. The first-order valence-electron chi connectivity index (χ1n) is 9.01. The second kappa shape index (κ2) is 9.80. The molecule has 1 atom stereocenters. The number of ether oxygens (including phenoxy) is 2. The number of methoxy groups -OCH3 is 1. The maximum absolute atomic E-state index is 13.8. The Morgan fingerprint density at radius 3 is 2.59 bits per heavy atom. The Hall–Kier alpha value is -2.76. The molecule has 2 rings (SSSR count). The number of aryl methyl sites for hydroxylation is 1. The molecule has 1 unspecified atom stereocenters. The van der Waals surface area contributed by atoms with E-state index in [1.807, 2.05) is 38.1 Å². The minimum atomic E-state index is -0.203. The number of hydrogen-bond acceptors (Lipinski definition) is 3. The van der Waals surface area contributed by atoms with Crippen molar-refractivity contribution in [2.45, 2.75) is 33.4 Å². The molecule has 0 heterocycles. The van der Waals surface area contributed by atoms with E-state index in [0.717, 1.165) is 11.1 Å². The van der Waals surface area contributed by atoms with Crippen molar-refractivity contribution in [2.24, 2.45) is 4.99 Å². The highest BCUT2D eigenvalue weighted by atomic mass is 19.1. The van der Waals surface area contributed by atoms with Gasteiger partial charge in [0.15, 0.2) is 17.5 Å². The first-order valence-corrected chi connectivity index (χ1v) is 9.01. The van der Waals surface area contributed by atoms with E-state index in [-0.39, 0.29) is 11.9 Å². The standard InChI is InChI=1S/C21H28FN3O2/c1-6-27-20-11-16(8-10-19(20)26-5)13-24-21(23-4)25-15(3)17-9-7-14(2)18(22)12-17/h7-12,15H,6,13H2,1-5H3,(H2,23,24,25). The summed E-state index contributed by atoms with van der Waals surface area (Å²) in [7, 11) is 3.33. The third-order valence-electron chi connectivity index (χ3n) is 4.26. The van der Waals surface area contributed by atoms with Crippen LogP contribution < -0.4 is 20.1 Å². The molecule has 6 heteroatoms. The lowest BCUT2D eigenvalue weighted by Crippen LogP contribution is -2.38. The van der Waals surface area contributed by atoms with Crippen molar-refractivity contribution in [3.05, 3.63) is 58.9 Å². The topological polar surface area (TPSA) is 54.9 Å². The Bertz CT molecular complexity index is 793. The fourth-order valence-electron chi connectivity index (χ4n) is 2.65. The molecule has 0 spiro atoms. The summed E-state index contributed by atoms with van der Waals surface area (Å²) in [6, 6.07) is 11.0. The van der Waals surface area contributed by atoms with E-state index in [2.05, 4.69) is 15.6 Å². The van der Waals surface area contributed by atoms with Crippen molar-refractivity contribution in [2.75, 3.05) is 20.8 Å². The first-order chi connectivity index (χ1) is 13.0. The molecule has 5 nitrogen and oxygen atoms in total. The summed E-state index contributed by atoms with van der Waals surface area (Å²) in [5.41, 5.74) is 2.54. The van der Waals surface area contributed by atoms with Gasteiger partial charge in [-0.3, -0.25) is 4.99 Å². The number of rotatable bonds is 7. The molecule has 0 saturated heterocycles. The Balaban J connectivity index is 2.01. The van der Waals surface area contributed by atoms with Crippen LogP contribution in [0.25, 0.3) is 0 Å². The van der Waals surface area contributed by atoms with Gasteiger partial charge in [0.05, 0.1) is 19.8 Å². The van der Waals surface area contributed by atoms with Gasteiger partial charge < -0.3 is 20.1 Å². The molecule has 27 heavy (non-hydrogen) atoms. The molecule has 0 amide bonds. The largest absolute Gasteiger partial charge is 0.493 e. The van der Waals surface area contributed by atoms with E-state index in [9.17, 15) is 4.39 Å². The van der Waals surface area contributed by atoms with Gasteiger partial charge in [-0.2, -0.15) is 0 Å². The average Bonchev–Trinajstić information content (AvgIpc) is 2.67. The summed E-state index contributed by atoms with van der Waals surface area (Å²) in [6.45, 7) is 6.80. The molecule has 0 bridgehead atoms. The Morgan fingerprint density at radius 2 is 1.96 bits per heavy atom. The molecule has 2 aromatic carbocycles. The lowest BCUT2D eigenvalue weighted by molar-refractivity contribution is 0.310. The number of benzene rings is 2. The van der Waals surface area contributed by atoms with Crippen LogP contribution in [0.2, 0.25) is 0 Å². The summed E-state index contributed by atoms with van der Waals surface area (Å²) in [5, 5.41) is 6.55. The van der Waals surface area contributed by atoms with Crippen LogP contribution in [-0.4, -0.2) is 26.7 Å². The van der Waals surface area contributed by atoms with E-state index in [0.29, 0.717) is 36.2 Å². The lowest BCUT2D eigenvalue weighted by atomic mass is 10.1. The van der Waals surface area contributed by atoms with Gasteiger partial charge >= 0.3 is 0 Å². The van der Waals surface area contributed by atoms with Crippen LogP contribution in [-0.2, 0) is 6.54 Å². The van der Waals surface area contributed by atoms with Crippen LogP contribution in [0, 0.1) is 12.7 Å². The summed E-state index contributed by atoms with van der Waals surface area (Å²) in [4.78, 5) is 4.25. The normalized spacial score (nSPS) is 12.4. The molecule has 2 N–H and O–H groups in total. The maximum Gasteiger partial charge on any atom is 0.191 e. The van der Waals surface area contributed by atoms with E-state index >= 15 is 0 Å². The number of nitrogens with zero attached hydrogens (tertiary/aromatic N) is 1. The minimum absolute atomic E-state index is 0.0823. The highest BCUT2D eigenvalue weighted by Crippen LogP contribution is 2.28. The Kier molecular flexibility index (Phi) is 7.46. The smallest absolute Gasteiger partial charge is 0.191 e. The predicted molar refractivity (Wildman–Crippen MR) is 107 cm³/mol. The number of guanidine groups is 1. The van der Waals surface area contributed by atoms with Crippen molar-refractivity contribution < 1.29 is 13.9 Å². The molecule has 0 aliphatic rings. The third kappa shape index (κ3) is 5.61. The van der Waals surface area contributed by atoms with E-state index in [1.54, 1.807) is 33.2 Å². The predicted octanol–water partition coefficient (Wildman–Crippen LogP) is 3.97. The highest BCUT2D eigenvalue weighted by molar-refractivity contribution is 5.80. The van der Waals surface area contributed by atoms with E-state index < -0.39 is 0 Å². The first kappa shape index (κ1) is 20.6. The molecular formula is C21H28FN3O2. The van der Waals surface area contributed by atoms with Crippen LogP contribution in [0.5, 0.6) is 11.5 Å². The van der Waals surface area contributed by atoms with Gasteiger partial charge in [-0.15, -0.1) is 0 Å². The second-order valence-corrected chi connectivity index (χ2v) is 6.22. The van der Waals surface area contributed by atoms with Gasteiger partial charge in [0.2, 0.25) is 0 Å². The van der Waals surface area contributed by atoms with Crippen LogP contribution in [0.1, 0.15) is 36.6 Å². The molecule has 146 valence electrons. The summed E-state index contributed by atoms with van der Waals surface area (Å²) in [5.74, 6) is 1.85. The van der Waals surface area contributed by atoms with Gasteiger partial charge in [0.1, 0.15) is 5.82 Å². The monoisotopic (exact) mass is 373 g/mol. The van der Waals surface area contributed by atoms with Crippen molar-refractivity contribution in [3.63, 3.8) is 0 Å². The van der Waals surface area contributed by atoms with Crippen LogP contribution >= 0.6 is 0 Å². The fraction of sp³-hybridized carbons (Fsp3) is 0.381. The number of aliphatic imine (C=N–C) groups is 1. The van der Waals surface area contributed by atoms with Gasteiger partial charge in [-0.05, 0) is 55.7 Å². The fourth-order valence-corrected chi connectivity index (χ4v) is 2.65. The Morgan fingerprint density at radius 1 is 1.19 bits per heavy atom. The molecule has 0 saturated carbocycles. The zero-order valence-corrected chi connectivity index (χ0v) is 16.6. The number of nitrogens with one attached hydrogen (secondary N) is 2. The molecule has 0 aromatic heterocycles. The van der Waals surface area contributed by atoms with Crippen molar-refractivity contribution >= 4 is 5.96 Å². The van der Waals surface area contributed by atoms with Gasteiger partial charge in [-0.1, -0.05) is 18.2 Å². The van der Waals surface area contributed by atoms with Gasteiger partial charge in [0.25, 0.3) is 0 Å². The van der Waals surface area contributed by atoms with Crippen LogP contribution in [0.15, 0.2) is 41.4 Å². The molecule has 0 fully saturated rings. The third-order valence-corrected chi connectivity index (χ3v) is 4.26. The average molecular weight is 373 g/mol. The zero-order valence-electron chi connectivity index (χ0n) is 16.6. The number of hydrogen-bond donors (Lipinski definition) is 2. The molecule has 2 aromatic rings. The zero-order chi connectivity index (χ0) is 19.8. The van der Waals surface area contributed by atoms with Crippen molar-refractivity contribution in [1.29, 1.82) is 0 Å². The van der Waals surface area contributed by atoms with Crippen LogP contribution in [0.3, 0.4) is 0 Å². The second-order valence-electron chi connectivity index (χ2n) is 6.22. The molecule has 0 aliphatic heterocycles. The quantitative estimate of drug-likeness (QED) is 0.570. The van der Waals surface area contributed by atoms with E-state index in [1.165, 1.54) is 0 Å². The van der Waals surface area contributed by atoms with Gasteiger partial charge in [0, 0.05) is 13.6 Å². The summed E-state index contributed by atoms with van der Waals surface area (Å²) < 4.78 is 24.7. The van der Waals surface area contributed by atoms with Crippen LogP contribution in [0.4, 0.5) is 4.39 Å².